The van der Waals surface area contributed by atoms with Crippen molar-refractivity contribution in [1.29, 1.82) is 0 Å². The molecule has 0 fully saturated rings. The lowest BCUT2D eigenvalue weighted by molar-refractivity contribution is 0.610. The standard InChI is InChI=1S/C8H9BN2O/c12-9-6-1-3-7-8(4-2-6)11-5-10-7/h1,3-5,9,12H,2H2,(H,10,11). The van der Waals surface area contributed by atoms with E-state index in [1.54, 1.807) is 6.33 Å². The van der Waals surface area contributed by atoms with E-state index in [9.17, 15) is 0 Å². The number of imidazole rings is 1. The topological polar surface area (TPSA) is 48.9 Å². The SMILES string of the molecule is OBC1=CC=c2nc[nH]c2=CC1. The van der Waals surface area contributed by atoms with Crippen LogP contribution in [0, 0.1) is 0 Å². The molecule has 1 aromatic rings. The van der Waals surface area contributed by atoms with Gasteiger partial charge in [-0.2, -0.15) is 0 Å². The van der Waals surface area contributed by atoms with E-state index in [4.69, 9.17) is 5.02 Å². The van der Waals surface area contributed by atoms with Crippen molar-refractivity contribution in [2.75, 3.05) is 0 Å². The molecule has 1 aromatic heterocycles. The summed E-state index contributed by atoms with van der Waals surface area (Å²) in [6.07, 6.45) is 8.34. The molecular formula is C8H9BN2O. The molecule has 0 saturated carbocycles. The van der Waals surface area contributed by atoms with E-state index in [1.165, 1.54) is 0 Å². The summed E-state index contributed by atoms with van der Waals surface area (Å²) in [6, 6.07) is 0. The Morgan fingerprint density at radius 2 is 2.42 bits per heavy atom. The van der Waals surface area contributed by atoms with Gasteiger partial charge in [-0.3, -0.25) is 0 Å². The molecule has 0 atom stereocenters. The zero-order valence-corrected chi connectivity index (χ0v) is 6.62. The average Bonchev–Trinajstić information content (AvgIpc) is 2.46. The number of hydrogen-bond acceptors (Lipinski definition) is 2. The van der Waals surface area contributed by atoms with E-state index in [0.717, 1.165) is 22.6 Å². The Kier molecular flexibility index (Phi) is 1.83. The van der Waals surface area contributed by atoms with Crippen LogP contribution in [0.25, 0.3) is 12.2 Å². The van der Waals surface area contributed by atoms with E-state index in [2.05, 4.69) is 9.97 Å². The predicted octanol–water partition coefficient (Wildman–Crippen LogP) is -1.40. The van der Waals surface area contributed by atoms with Gasteiger partial charge >= 0.3 is 7.48 Å². The maximum absolute atomic E-state index is 8.89. The van der Waals surface area contributed by atoms with E-state index < -0.39 is 0 Å². The van der Waals surface area contributed by atoms with Crippen LogP contribution in [0.3, 0.4) is 0 Å². The number of nitrogens with zero attached hydrogens (tertiary/aromatic N) is 1. The third kappa shape index (κ3) is 1.21. The first-order valence-electron chi connectivity index (χ1n) is 3.90. The van der Waals surface area contributed by atoms with E-state index >= 15 is 0 Å². The fourth-order valence-electron chi connectivity index (χ4n) is 1.23. The van der Waals surface area contributed by atoms with Gasteiger partial charge < -0.3 is 10.0 Å². The van der Waals surface area contributed by atoms with E-state index in [1.807, 2.05) is 18.2 Å². The molecule has 1 heterocycles. The zero-order valence-electron chi connectivity index (χ0n) is 6.62. The molecule has 1 aliphatic carbocycles. The maximum atomic E-state index is 8.89. The lowest BCUT2D eigenvalue weighted by Gasteiger charge is -1.91. The molecule has 60 valence electrons. The summed E-state index contributed by atoms with van der Waals surface area (Å²) in [5, 5.41) is 10.9. The summed E-state index contributed by atoms with van der Waals surface area (Å²) in [7, 11) is 0.122. The molecule has 3 nitrogen and oxygen atoms in total. The minimum atomic E-state index is 0.122. The van der Waals surface area contributed by atoms with Gasteiger partial charge in [0, 0.05) is 0 Å². The Morgan fingerprint density at radius 1 is 1.50 bits per heavy atom. The Bertz CT molecular complexity index is 419. The first kappa shape index (κ1) is 7.37. The molecule has 12 heavy (non-hydrogen) atoms. The van der Waals surface area contributed by atoms with Crippen molar-refractivity contribution >= 4 is 19.6 Å². The van der Waals surface area contributed by atoms with Gasteiger partial charge in [0.2, 0.25) is 0 Å². The number of allylic oxidation sites excluding steroid dienone is 2. The third-order valence-corrected chi connectivity index (χ3v) is 1.95. The van der Waals surface area contributed by atoms with Crippen LogP contribution in [0.15, 0.2) is 17.9 Å². The summed E-state index contributed by atoms with van der Waals surface area (Å²) >= 11 is 0. The maximum Gasteiger partial charge on any atom is 0.300 e. The molecule has 0 radical (unpaired) electrons. The molecule has 1 aliphatic rings. The van der Waals surface area contributed by atoms with Gasteiger partial charge in [0.25, 0.3) is 0 Å². The smallest absolute Gasteiger partial charge is 0.300 e. The summed E-state index contributed by atoms with van der Waals surface area (Å²) in [5.41, 5.74) is 1.02. The molecule has 2 N–H and O–H groups in total. The number of rotatable bonds is 1. The highest BCUT2D eigenvalue weighted by atomic mass is 16.2. The minimum Gasteiger partial charge on any atom is -0.449 e. The molecule has 2 rings (SSSR count). The first-order valence-corrected chi connectivity index (χ1v) is 3.90. The van der Waals surface area contributed by atoms with Crippen LogP contribution in [0.1, 0.15) is 6.42 Å². The van der Waals surface area contributed by atoms with Gasteiger partial charge in [-0.25, -0.2) is 4.98 Å². The van der Waals surface area contributed by atoms with Crippen LogP contribution in [0.5, 0.6) is 0 Å². The summed E-state index contributed by atoms with van der Waals surface area (Å²) in [5.74, 6) is 0. The predicted molar refractivity (Wildman–Crippen MR) is 48.8 cm³/mol. The Balaban J connectivity index is 2.54. The van der Waals surface area contributed by atoms with Crippen molar-refractivity contribution in [3.8, 4) is 0 Å². The minimum absolute atomic E-state index is 0.122. The van der Waals surface area contributed by atoms with Crippen molar-refractivity contribution in [2.24, 2.45) is 0 Å². The number of aromatic amines is 1. The fourth-order valence-corrected chi connectivity index (χ4v) is 1.23. The Hall–Kier alpha value is -1.29. The second-order valence-corrected chi connectivity index (χ2v) is 2.76. The van der Waals surface area contributed by atoms with Crippen molar-refractivity contribution in [3.05, 3.63) is 28.6 Å². The van der Waals surface area contributed by atoms with E-state index in [0.29, 0.717) is 0 Å². The van der Waals surface area contributed by atoms with Crippen molar-refractivity contribution in [2.45, 2.75) is 6.42 Å². The molecular weight excluding hydrogens is 151 g/mol. The molecule has 0 amide bonds. The van der Waals surface area contributed by atoms with Crippen LogP contribution >= 0.6 is 0 Å². The average molecular weight is 160 g/mol. The number of fused-ring (bicyclic) bond motifs is 1. The number of H-pyrrole nitrogens is 1. The van der Waals surface area contributed by atoms with Crippen LogP contribution < -0.4 is 10.7 Å². The van der Waals surface area contributed by atoms with E-state index in [-0.39, 0.29) is 7.48 Å². The van der Waals surface area contributed by atoms with Gasteiger partial charge in [0.15, 0.2) is 0 Å². The van der Waals surface area contributed by atoms with Crippen LogP contribution in [-0.4, -0.2) is 22.5 Å². The lowest BCUT2D eigenvalue weighted by Crippen LogP contribution is -2.23. The van der Waals surface area contributed by atoms with Gasteiger partial charge in [-0.15, -0.1) is 0 Å². The highest BCUT2D eigenvalue weighted by Gasteiger charge is 1.98. The van der Waals surface area contributed by atoms with Crippen LogP contribution in [0.2, 0.25) is 0 Å². The third-order valence-electron chi connectivity index (χ3n) is 1.95. The van der Waals surface area contributed by atoms with Gasteiger partial charge in [-0.1, -0.05) is 17.6 Å². The summed E-state index contributed by atoms with van der Waals surface area (Å²) in [4.78, 5) is 7.15. The number of nitrogens with one attached hydrogen (secondary N) is 1. The first-order chi connectivity index (χ1) is 5.90. The fraction of sp³-hybridized carbons (Fsp3) is 0.125. The molecule has 0 saturated heterocycles. The van der Waals surface area contributed by atoms with Crippen LogP contribution in [0.4, 0.5) is 0 Å². The molecule has 0 aromatic carbocycles. The zero-order chi connectivity index (χ0) is 8.39. The van der Waals surface area contributed by atoms with Crippen molar-refractivity contribution in [3.63, 3.8) is 0 Å². The highest BCUT2D eigenvalue weighted by molar-refractivity contribution is 6.36. The van der Waals surface area contributed by atoms with Crippen LogP contribution in [-0.2, 0) is 0 Å². The second kappa shape index (κ2) is 2.99. The number of hydrogen-bond donors (Lipinski definition) is 2. The van der Waals surface area contributed by atoms with Crippen molar-refractivity contribution < 1.29 is 5.02 Å². The highest BCUT2D eigenvalue weighted by Crippen LogP contribution is 2.00. The Morgan fingerprint density at radius 3 is 3.25 bits per heavy atom. The number of aromatic nitrogens is 2. The van der Waals surface area contributed by atoms with Crippen molar-refractivity contribution in [1.82, 2.24) is 9.97 Å². The molecule has 4 heteroatoms. The Labute approximate surface area is 70.4 Å². The molecule has 0 aliphatic heterocycles. The summed E-state index contributed by atoms with van der Waals surface area (Å²) < 4.78 is 0. The van der Waals surface area contributed by atoms with Gasteiger partial charge in [0.1, 0.15) is 0 Å². The largest absolute Gasteiger partial charge is 0.449 e. The summed E-state index contributed by atoms with van der Waals surface area (Å²) in [6.45, 7) is 0. The lowest BCUT2D eigenvalue weighted by atomic mass is 9.85. The van der Waals surface area contributed by atoms with Gasteiger partial charge in [-0.05, 0) is 12.5 Å². The monoisotopic (exact) mass is 160 g/mol. The molecule has 0 bridgehead atoms. The quantitative estimate of drug-likeness (QED) is 0.496. The second-order valence-electron chi connectivity index (χ2n) is 2.76. The molecule has 0 unspecified atom stereocenters. The normalized spacial score (nSPS) is 14.9. The van der Waals surface area contributed by atoms with Gasteiger partial charge in [0.05, 0.1) is 17.0 Å². The molecule has 0 spiro atoms.